The Morgan fingerprint density at radius 1 is 1.15 bits per heavy atom. The van der Waals surface area contributed by atoms with E-state index in [1.165, 1.54) is 6.07 Å². The maximum atomic E-state index is 16.7. The Labute approximate surface area is 242 Å². The number of nitrogens with one attached hydrogen (secondary N) is 1. The number of aromatic hydroxyl groups is 1. The van der Waals surface area contributed by atoms with Crippen molar-refractivity contribution in [2.45, 2.75) is 37.5 Å². The third kappa shape index (κ3) is 4.84. The smallest absolute Gasteiger partial charge is 0.319 e. The van der Waals surface area contributed by atoms with Crippen molar-refractivity contribution in [1.82, 2.24) is 20.2 Å². The maximum absolute atomic E-state index is 16.7. The van der Waals surface area contributed by atoms with Gasteiger partial charge in [0.15, 0.2) is 5.82 Å². The SMILES string of the molecule is CN(C)CC1(COc2nc(N3C[C@@H]4C[C@H](O)[C@H](C3)N4)c3cc(Cl)c(-c4cc(O)cc5ccccc45)c(F)c3n2)CC1. The van der Waals surface area contributed by atoms with Gasteiger partial charge in [-0.3, -0.25) is 0 Å². The van der Waals surface area contributed by atoms with Gasteiger partial charge in [-0.1, -0.05) is 35.9 Å². The summed E-state index contributed by atoms with van der Waals surface area (Å²) in [6.45, 7) is 2.47. The molecule has 3 N–H and O–H groups in total. The predicted molar refractivity (Wildman–Crippen MR) is 158 cm³/mol. The average molecular weight is 578 g/mol. The summed E-state index contributed by atoms with van der Waals surface area (Å²) in [5.41, 5.74) is 0.813. The first kappa shape index (κ1) is 26.6. The van der Waals surface area contributed by atoms with Crippen LogP contribution in [0.3, 0.4) is 0 Å². The van der Waals surface area contributed by atoms with Crippen LogP contribution in [0.1, 0.15) is 19.3 Å². The number of nitrogens with zero attached hydrogens (tertiary/aromatic N) is 4. The van der Waals surface area contributed by atoms with Crippen LogP contribution in [0.4, 0.5) is 10.2 Å². The molecule has 3 heterocycles. The van der Waals surface area contributed by atoms with Crippen LogP contribution in [0.25, 0.3) is 32.8 Å². The molecule has 2 bridgehead atoms. The molecule has 214 valence electrons. The van der Waals surface area contributed by atoms with Gasteiger partial charge in [-0.15, -0.1) is 0 Å². The highest BCUT2D eigenvalue weighted by atomic mass is 35.5. The predicted octanol–water partition coefficient (Wildman–Crippen LogP) is 4.58. The number of halogens is 2. The highest BCUT2D eigenvalue weighted by Gasteiger charge is 2.44. The van der Waals surface area contributed by atoms with E-state index in [9.17, 15) is 10.2 Å². The van der Waals surface area contributed by atoms with E-state index in [1.54, 1.807) is 12.1 Å². The molecule has 0 spiro atoms. The number of anilines is 1. The summed E-state index contributed by atoms with van der Waals surface area (Å²) in [6.07, 6.45) is 2.33. The standard InChI is InChI=1S/C31H33ClFN5O3/c1-37(2)15-31(7-8-31)16-41-30-35-28-22(29(36-30)38-13-18-10-25(40)24(14-38)34-18)12-23(32)26(27(28)33)21-11-19(39)9-17-5-3-4-6-20(17)21/h3-6,9,11-12,18,24-25,34,39-40H,7-8,10,13-16H2,1-2H3/t18-,24-,25-/m0/s1. The first-order valence-corrected chi connectivity index (χ1v) is 14.5. The van der Waals surface area contributed by atoms with E-state index in [2.05, 4.69) is 20.1 Å². The van der Waals surface area contributed by atoms with Crippen LogP contribution in [0, 0.1) is 11.2 Å². The molecule has 3 atom stereocenters. The van der Waals surface area contributed by atoms with Crippen LogP contribution < -0.4 is 15.0 Å². The van der Waals surface area contributed by atoms with E-state index in [0.29, 0.717) is 42.9 Å². The van der Waals surface area contributed by atoms with Crippen molar-refractivity contribution in [1.29, 1.82) is 0 Å². The summed E-state index contributed by atoms with van der Waals surface area (Å²) in [5.74, 6) is -0.0300. The lowest BCUT2D eigenvalue weighted by Gasteiger charge is -2.34. The molecule has 0 amide bonds. The van der Waals surface area contributed by atoms with Crippen molar-refractivity contribution in [3.63, 3.8) is 0 Å². The minimum Gasteiger partial charge on any atom is -0.508 e. The van der Waals surface area contributed by atoms with Gasteiger partial charge in [0.25, 0.3) is 0 Å². The Morgan fingerprint density at radius 2 is 1.95 bits per heavy atom. The molecule has 3 aromatic carbocycles. The van der Waals surface area contributed by atoms with Crippen LogP contribution in [-0.4, -0.2) is 83.6 Å². The first-order chi connectivity index (χ1) is 19.7. The molecule has 0 unspecified atom stereocenters. The Hall–Kier alpha value is -3.24. The molecule has 41 heavy (non-hydrogen) atoms. The highest BCUT2D eigenvalue weighted by molar-refractivity contribution is 6.35. The molecule has 0 radical (unpaired) electrons. The Morgan fingerprint density at radius 3 is 2.71 bits per heavy atom. The van der Waals surface area contributed by atoms with Gasteiger partial charge in [0.1, 0.15) is 17.1 Å². The van der Waals surface area contributed by atoms with Crippen LogP contribution in [-0.2, 0) is 0 Å². The van der Waals surface area contributed by atoms with E-state index in [-0.39, 0.29) is 45.4 Å². The van der Waals surface area contributed by atoms with Crippen LogP contribution >= 0.6 is 11.6 Å². The fourth-order valence-electron chi connectivity index (χ4n) is 6.62. The van der Waals surface area contributed by atoms with Crippen molar-refractivity contribution >= 4 is 39.1 Å². The lowest BCUT2D eigenvalue weighted by Crippen LogP contribution is -2.53. The molecule has 2 aliphatic heterocycles. The zero-order valence-corrected chi connectivity index (χ0v) is 23.8. The second-order valence-electron chi connectivity index (χ2n) is 12.2. The van der Waals surface area contributed by atoms with Crippen molar-refractivity contribution < 1.29 is 19.3 Å². The van der Waals surface area contributed by atoms with Crippen LogP contribution in [0.2, 0.25) is 5.02 Å². The lowest BCUT2D eigenvalue weighted by molar-refractivity contribution is 0.162. The number of phenols is 1. The molecule has 8 nitrogen and oxygen atoms in total. The third-order valence-electron chi connectivity index (χ3n) is 8.67. The Bertz CT molecular complexity index is 1660. The normalized spacial score (nSPS) is 23.1. The number of phenolic OH excluding ortho intramolecular Hbond substituents is 1. The van der Waals surface area contributed by atoms with Crippen LogP contribution in [0.5, 0.6) is 11.8 Å². The van der Waals surface area contributed by atoms with Crippen LogP contribution in [0.15, 0.2) is 42.5 Å². The van der Waals surface area contributed by atoms with Gasteiger partial charge in [0.05, 0.1) is 23.8 Å². The van der Waals surface area contributed by atoms with Gasteiger partial charge in [0.2, 0.25) is 0 Å². The first-order valence-electron chi connectivity index (χ1n) is 14.1. The Kier molecular flexibility index (Phi) is 6.46. The monoisotopic (exact) mass is 577 g/mol. The van der Waals surface area contributed by atoms with Crippen molar-refractivity contribution in [2.24, 2.45) is 5.41 Å². The van der Waals surface area contributed by atoms with E-state index < -0.39 is 11.9 Å². The molecule has 1 aromatic heterocycles. The molecule has 3 fully saturated rings. The summed E-state index contributed by atoms with van der Waals surface area (Å²) in [6, 6.07) is 12.5. The number of aliphatic hydroxyl groups is 1. The van der Waals surface area contributed by atoms with E-state index in [4.69, 9.17) is 21.3 Å². The zero-order chi connectivity index (χ0) is 28.5. The topological polar surface area (TPSA) is 94.0 Å². The van der Waals surface area contributed by atoms with Gasteiger partial charge >= 0.3 is 6.01 Å². The fourth-order valence-corrected chi connectivity index (χ4v) is 6.91. The summed E-state index contributed by atoms with van der Waals surface area (Å²) in [5, 5.41) is 26.6. The molecule has 10 heteroatoms. The maximum Gasteiger partial charge on any atom is 0.319 e. The van der Waals surface area contributed by atoms with Gasteiger partial charge in [-0.2, -0.15) is 9.97 Å². The molecule has 1 saturated carbocycles. The minimum absolute atomic E-state index is 0.0205. The quantitative estimate of drug-likeness (QED) is 0.294. The number of fused-ring (bicyclic) bond motifs is 4. The number of piperazine rings is 1. The molecule has 3 aliphatic rings. The second-order valence-corrected chi connectivity index (χ2v) is 12.6. The third-order valence-corrected chi connectivity index (χ3v) is 8.97. The van der Waals surface area contributed by atoms with Crippen molar-refractivity contribution in [3.8, 4) is 22.9 Å². The van der Waals surface area contributed by atoms with Gasteiger partial charge in [0, 0.05) is 42.0 Å². The molecule has 2 saturated heterocycles. The van der Waals surface area contributed by atoms with Gasteiger partial charge < -0.3 is 30.1 Å². The number of aromatic nitrogens is 2. The fraction of sp³-hybridized carbons (Fsp3) is 0.419. The van der Waals surface area contributed by atoms with E-state index in [1.807, 2.05) is 38.4 Å². The van der Waals surface area contributed by atoms with Gasteiger partial charge in [-0.05, 0) is 67.9 Å². The summed E-state index contributed by atoms with van der Waals surface area (Å²) in [7, 11) is 4.09. The number of aliphatic hydroxyl groups excluding tert-OH is 1. The largest absolute Gasteiger partial charge is 0.508 e. The minimum atomic E-state index is -0.593. The van der Waals surface area contributed by atoms with E-state index in [0.717, 1.165) is 30.2 Å². The summed E-state index contributed by atoms with van der Waals surface area (Å²) >= 11 is 6.83. The highest BCUT2D eigenvalue weighted by Crippen LogP contribution is 2.47. The summed E-state index contributed by atoms with van der Waals surface area (Å²) in [4.78, 5) is 13.6. The number of rotatable bonds is 7. The molecule has 4 aromatic rings. The zero-order valence-electron chi connectivity index (χ0n) is 23.1. The molecular formula is C31H33ClFN5O3. The second kappa shape index (κ2) is 9.94. The molecule has 1 aliphatic carbocycles. The lowest BCUT2D eigenvalue weighted by atomic mass is 9.96. The van der Waals surface area contributed by atoms with Crippen molar-refractivity contribution in [3.05, 3.63) is 53.3 Å². The number of hydrogen-bond donors (Lipinski definition) is 3. The average Bonchev–Trinajstić information content (AvgIpc) is 3.64. The van der Waals surface area contributed by atoms with Crippen molar-refractivity contribution in [2.75, 3.05) is 45.2 Å². The molecule has 7 rings (SSSR count). The van der Waals surface area contributed by atoms with E-state index >= 15 is 4.39 Å². The number of hydrogen-bond acceptors (Lipinski definition) is 8. The number of benzene rings is 3. The summed E-state index contributed by atoms with van der Waals surface area (Å²) < 4.78 is 22.9. The molecular weight excluding hydrogens is 545 g/mol. The number of ether oxygens (including phenoxy) is 1. The van der Waals surface area contributed by atoms with Gasteiger partial charge in [-0.25, -0.2) is 4.39 Å². The Balaban J connectivity index is 1.37.